The molecule has 1 aliphatic heterocycles. The van der Waals surface area contributed by atoms with Crippen molar-refractivity contribution in [3.63, 3.8) is 0 Å². The van der Waals surface area contributed by atoms with Gasteiger partial charge in [0.05, 0.1) is 12.1 Å². The zero-order valence-corrected chi connectivity index (χ0v) is 12.4. The number of aliphatic hydroxyl groups is 1. The molecule has 5 N–H and O–H groups in total. The fourth-order valence-corrected chi connectivity index (χ4v) is 2.90. The van der Waals surface area contributed by atoms with Crippen molar-refractivity contribution < 1.29 is 5.11 Å². The lowest BCUT2D eigenvalue weighted by molar-refractivity contribution is 0.146. The standard InChI is InChI=1S/C15H24N4O/c1-4-5-9(3)13(20)10-7-6-8(2)12-11(10)14(16)19-15(17)18-12/h6-9,12-13,20H,4-5H2,1-3H3,(H4,16,17,18,19)/t8?,9-,12?,13?/m0/s1. The van der Waals surface area contributed by atoms with Gasteiger partial charge in [0, 0.05) is 11.5 Å². The molecule has 0 spiro atoms. The van der Waals surface area contributed by atoms with Crippen LogP contribution in [0.25, 0.3) is 0 Å². The normalized spacial score (nSPS) is 28.6. The minimum absolute atomic E-state index is 0.129. The number of amidine groups is 1. The number of nitrogens with zero attached hydrogens (tertiary/aromatic N) is 2. The third kappa shape index (κ3) is 2.63. The number of nitrogens with two attached hydrogens (primary N) is 2. The van der Waals surface area contributed by atoms with Crippen LogP contribution < -0.4 is 11.5 Å². The monoisotopic (exact) mass is 276 g/mol. The van der Waals surface area contributed by atoms with Crippen molar-refractivity contribution >= 4 is 11.8 Å². The predicted octanol–water partition coefficient (Wildman–Crippen LogP) is 1.34. The van der Waals surface area contributed by atoms with Gasteiger partial charge in [0.2, 0.25) is 5.96 Å². The Balaban J connectivity index is 2.41. The summed E-state index contributed by atoms with van der Waals surface area (Å²) < 4.78 is 0. The van der Waals surface area contributed by atoms with E-state index < -0.39 is 6.10 Å². The lowest BCUT2D eigenvalue weighted by atomic mass is 9.80. The van der Waals surface area contributed by atoms with Crippen molar-refractivity contribution in [2.24, 2.45) is 33.3 Å². The van der Waals surface area contributed by atoms with Crippen LogP contribution in [0.15, 0.2) is 33.3 Å². The minimum Gasteiger partial charge on any atom is -0.388 e. The number of hydrogen-bond donors (Lipinski definition) is 3. The molecule has 2 aliphatic rings. The van der Waals surface area contributed by atoms with Crippen LogP contribution in [-0.4, -0.2) is 29.0 Å². The van der Waals surface area contributed by atoms with Crippen LogP contribution in [0.4, 0.5) is 0 Å². The summed E-state index contributed by atoms with van der Waals surface area (Å²) in [6.07, 6.45) is 5.49. The molecule has 0 bridgehead atoms. The Bertz CT molecular complexity index is 504. The number of aliphatic hydroxyl groups excluding tert-OH is 1. The summed E-state index contributed by atoms with van der Waals surface area (Å²) in [5, 5.41) is 10.6. The van der Waals surface area contributed by atoms with E-state index >= 15 is 0 Å². The van der Waals surface area contributed by atoms with Gasteiger partial charge in [0.1, 0.15) is 5.84 Å². The maximum absolute atomic E-state index is 10.6. The second-order valence-corrected chi connectivity index (χ2v) is 5.73. The SMILES string of the molecule is CCC[C@H](C)C(O)C1=C2C(N)=NC(N)=NC2C(C)C=C1. The summed E-state index contributed by atoms with van der Waals surface area (Å²) in [7, 11) is 0. The lowest BCUT2D eigenvalue weighted by Crippen LogP contribution is -2.39. The third-order valence-electron chi connectivity index (χ3n) is 4.07. The van der Waals surface area contributed by atoms with Gasteiger partial charge in [-0.25, -0.2) is 4.99 Å². The van der Waals surface area contributed by atoms with Crippen molar-refractivity contribution in [1.29, 1.82) is 0 Å². The molecule has 2 rings (SSSR count). The molecule has 3 unspecified atom stereocenters. The van der Waals surface area contributed by atoms with E-state index in [0.717, 1.165) is 24.0 Å². The van der Waals surface area contributed by atoms with Crippen molar-refractivity contribution in [2.75, 3.05) is 0 Å². The number of fused-ring (bicyclic) bond motifs is 1. The number of aliphatic imine (C=N–C) groups is 2. The zero-order chi connectivity index (χ0) is 14.9. The van der Waals surface area contributed by atoms with Crippen molar-refractivity contribution in [3.05, 3.63) is 23.3 Å². The number of hydrogen-bond acceptors (Lipinski definition) is 5. The average molecular weight is 276 g/mol. The molecular weight excluding hydrogens is 252 g/mol. The molecule has 0 saturated heterocycles. The fourth-order valence-electron chi connectivity index (χ4n) is 2.90. The van der Waals surface area contributed by atoms with Crippen LogP contribution in [0.3, 0.4) is 0 Å². The molecule has 20 heavy (non-hydrogen) atoms. The topological polar surface area (TPSA) is 97.0 Å². The molecule has 5 nitrogen and oxygen atoms in total. The third-order valence-corrected chi connectivity index (χ3v) is 4.07. The van der Waals surface area contributed by atoms with E-state index in [2.05, 4.69) is 36.8 Å². The van der Waals surface area contributed by atoms with Gasteiger partial charge in [-0.2, -0.15) is 4.99 Å². The molecule has 5 heteroatoms. The highest BCUT2D eigenvalue weighted by Gasteiger charge is 2.33. The quantitative estimate of drug-likeness (QED) is 0.722. The summed E-state index contributed by atoms with van der Waals surface area (Å²) in [6, 6.07) is -0.129. The molecule has 0 aromatic heterocycles. The highest BCUT2D eigenvalue weighted by molar-refractivity contribution is 6.08. The Morgan fingerprint density at radius 3 is 2.75 bits per heavy atom. The first-order valence-corrected chi connectivity index (χ1v) is 7.23. The summed E-state index contributed by atoms with van der Waals surface area (Å²) in [4.78, 5) is 8.44. The predicted molar refractivity (Wildman–Crippen MR) is 82.4 cm³/mol. The molecule has 4 atom stereocenters. The molecule has 0 fully saturated rings. The largest absolute Gasteiger partial charge is 0.388 e. The summed E-state index contributed by atoms with van der Waals surface area (Å²) in [6.45, 7) is 6.23. The van der Waals surface area contributed by atoms with E-state index in [-0.39, 0.29) is 23.8 Å². The Morgan fingerprint density at radius 1 is 1.40 bits per heavy atom. The second-order valence-electron chi connectivity index (χ2n) is 5.73. The first kappa shape index (κ1) is 14.8. The Hall–Kier alpha value is -1.62. The summed E-state index contributed by atoms with van der Waals surface area (Å²) in [5.41, 5.74) is 13.4. The fraction of sp³-hybridized carbons (Fsp3) is 0.600. The first-order chi connectivity index (χ1) is 9.45. The van der Waals surface area contributed by atoms with Crippen LogP contribution in [0.1, 0.15) is 33.6 Å². The van der Waals surface area contributed by atoms with Crippen LogP contribution in [0, 0.1) is 11.8 Å². The maximum atomic E-state index is 10.6. The molecule has 0 radical (unpaired) electrons. The van der Waals surface area contributed by atoms with Crippen LogP contribution in [-0.2, 0) is 0 Å². The van der Waals surface area contributed by atoms with Gasteiger partial charge in [-0.05, 0) is 17.9 Å². The van der Waals surface area contributed by atoms with Gasteiger partial charge in [0.25, 0.3) is 0 Å². The summed E-state index contributed by atoms with van der Waals surface area (Å²) >= 11 is 0. The maximum Gasteiger partial charge on any atom is 0.217 e. The van der Waals surface area contributed by atoms with Gasteiger partial charge < -0.3 is 16.6 Å². The minimum atomic E-state index is -0.542. The molecule has 0 amide bonds. The van der Waals surface area contributed by atoms with Gasteiger partial charge in [-0.1, -0.05) is 39.3 Å². The summed E-state index contributed by atoms with van der Waals surface area (Å²) in [5.74, 6) is 0.984. The lowest BCUT2D eigenvalue weighted by Gasteiger charge is -2.32. The van der Waals surface area contributed by atoms with Crippen molar-refractivity contribution in [2.45, 2.75) is 45.8 Å². The van der Waals surface area contributed by atoms with Gasteiger partial charge in [-0.3, -0.25) is 0 Å². The van der Waals surface area contributed by atoms with Gasteiger partial charge >= 0.3 is 0 Å². The molecule has 1 aliphatic carbocycles. The molecular formula is C15H24N4O. The van der Waals surface area contributed by atoms with E-state index in [1.165, 1.54) is 0 Å². The zero-order valence-electron chi connectivity index (χ0n) is 12.4. The second kappa shape index (κ2) is 5.79. The van der Waals surface area contributed by atoms with E-state index in [4.69, 9.17) is 11.5 Å². The van der Waals surface area contributed by atoms with Crippen molar-refractivity contribution in [3.8, 4) is 0 Å². The molecule has 0 aromatic carbocycles. The van der Waals surface area contributed by atoms with Gasteiger partial charge in [0.15, 0.2) is 0 Å². The Morgan fingerprint density at radius 2 is 2.10 bits per heavy atom. The smallest absolute Gasteiger partial charge is 0.217 e. The highest BCUT2D eigenvalue weighted by atomic mass is 16.3. The van der Waals surface area contributed by atoms with Gasteiger partial charge in [-0.15, -0.1) is 0 Å². The molecule has 110 valence electrons. The van der Waals surface area contributed by atoms with E-state index in [9.17, 15) is 5.11 Å². The Kier molecular flexibility index (Phi) is 4.28. The van der Waals surface area contributed by atoms with E-state index in [0.29, 0.717) is 5.84 Å². The average Bonchev–Trinajstić information content (AvgIpc) is 2.39. The van der Waals surface area contributed by atoms with Crippen LogP contribution in [0.2, 0.25) is 0 Å². The van der Waals surface area contributed by atoms with Crippen LogP contribution in [0.5, 0.6) is 0 Å². The van der Waals surface area contributed by atoms with Crippen molar-refractivity contribution in [1.82, 2.24) is 0 Å². The van der Waals surface area contributed by atoms with E-state index in [1.807, 2.05) is 6.08 Å². The molecule has 1 heterocycles. The van der Waals surface area contributed by atoms with Crippen LogP contribution >= 0.6 is 0 Å². The highest BCUT2D eigenvalue weighted by Crippen LogP contribution is 2.33. The molecule has 0 saturated carbocycles. The Labute approximate surface area is 120 Å². The molecule has 0 aromatic rings. The number of rotatable bonds is 4. The first-order valence-electron chi connectivity index (χ1n) is 7.23. The van der Waals surface area contributed by atoms with E-state index in [1.54, 1.807) is 0 Å². The number of guanidine groups is 1.